The minimum absolute atomic E-state index is 0.0750. The summed E-state index contributed by atoms with van der Waals surface area (Å²) in [5, 5.41) is 2.81. The van der Waals surface area contributed by atoms with Gasteiger partial charge in [-0.15, -0.1) is 0 Å². The van der Waals surface area contributed by atoms with Crippen LogP contribution in [0, 0.1) is 12.7 Å². The molecule has 2 amide bonds. The molecule has 3 aromatic carbocycles. The highest BCUT2D eigenvalue weighted by Gasteiger charge is 2.34. The molecule has 0 saturated carbocycles. The molecule has 0 bridgehead atoms. The Morgan fingerprint density at radius 3 is 2.44 bits per heavy atom. The minimum atomic E-state index is -1.08. The number of amides is 2. The van der Waals surface area contributed by atoms with Crippen LogP contribution in [0.1, 0.15) is 34.6 Å². The lowest BCUT2D eigenvalue weighted by atomic mass is 10.0. The third kappa shape index (κ3) is 5.72. The van der Waals surface area contributed by atoms with Crippen LogP contribution in [-0.4, -0.2) is 28.4 Å². The zero-order valence-corrected chi connectivity index (χ0v) is 19.9. The number of nitrogens with zero attached hydrogens (tertiary/aromatic N) is 3. The quantitative estimate of drug-likeness (QED) is 0.365. The maximum absolute atomic E-state index is 13.9. The van der Waals surface area contributed by atoms with Gasteiger partial charge in [-0.3, -0.25) is 19.5 Å². The van der Waals surface area contributed by atoms with Crippen molar-refractivity contribution in [1.82, 2.24) is 9.97 Å². The van der Waals surface area contributed by atoms with Crippen molar-refractivity contribution in [2.45, 2.75) is 19.9 Å². The molecule has 0 saturated heterocycles. The van der Waals surface area contributed by atoms with Gasteiger partial charge >= 0.3 is 0 Å². The van der Waals surface area contributed by atoms with E-state index in [1.54, 1.807) is 36.4 Å². The van der Waals surface area contributed by atoms with Crippen LogP contribution in [0.15, 0.2) is 91.4 Å². The molecule has 0 fully saturated rings. The molecule has 36 heavy (non-hydrogen) atoms. The smallest absolute Gasteiger partial charge is 0.279 e. The highest BCUT2D eigenvalue weighted by molar-refractivity contribution is 6.11. The first-order valence-corrected chi connectivity index (χ1v) is 11.4. The zero-order chi connectivity index (χ0) is 25.5. The Balaban J connectivity index is 1.85. The summed E-state index contributed by atoms with van der Waals surface area (Å²) >= 11 is 0. The van der Waals surface area contributed by atoms with Crippen molar-refractivity contribution >= 4 is 23.2 Å². The van der Waals surface area contributed by atoms with Crippen LogP contribution in [0.2, 0.25) is 0 Å². The lowest BCUT2D eigenvalue weighted by Gasteiger charge is -2.31. The molecule has 182 valence electrons. The van der Waals surface area contributed by atoms with Crippen LogP contribution in [0.5, 0.6) is 5.75 Å². The third-order valence-electron chi connectivity index (χ3n) is 5.42. The van der Waals surface area contributed by atoms with E-state index in [0.717, 1.165) is 5.56 Å². The molecule has 4 aromatic rings. The summed E-state index contributed by atoms with van der Waals surface area (Å²) in [7, 11) is 0. The molecule has 0 aliphatic heterocycles. The van der Waals surface area contributed by atoms with Gasteiger partial charge in [-0.05, 0) is 55.8 Å². The average Bonchev–Trinajstić information content (AvgIpc) is 2.90. The van der Waals surface area contributed by atoms with Crippen molar-refractivity contribution in [3.8, 4) is 5.75 Å². The topological polar surface area (TPSA) is 84.4 Å². The van der Waals surface area contributed by atoms with E-state index in [2.05, 4.69) is 15.3 Å². The number of aromatic nitrogens is 2. The molecule has 1 heterocycles. The van der Waals surface area contributed by atoms with Crippen LogP contribution in [0.3, 0.4) is 0 Å². The van der Waals surface area contributed by atoms with Gasteiger partial charge in [0.15, 0.2) is 0 Å². The first-order chi connectivity index (χ1) is 17.5. The van der Waals surface area contributed by atoms with Gasteiger partial charge in [-0.1, -0.05) is 35.9 Å². The van der Waals surface area contributed by atoms with E-state index >= 15 is 0 Å². The van der Waals surface area contributed by atoms with E-state index in [9.17, 15) is 14.0 Å². The van der Waals surface area contributed by atoms with Gasteiger partial charge in [0.2, 0.25) is 0 Å². The van der Waals surface area contributed by atoms with Crippen molar-refractivity contribution < 1.29 is 18.7 Å². The molecule has 7 nitrogen and oxygen atoms in total. The van der Waals surface area contributed by atoms with Crippen LogP contribution in [0.25, 0.3) is 0 Å². The Bertz CT molecular complexity index is 1330. The molecule has 4 rings (SSSR count). The third-order valence-corrected chi connectivity index (χ3v) is 5.42. The summed E-state index contributed by atoms with van der Waals surface area (Å²) in [6, 6.07) is 18.6. The number of hydrogen-bond acceptors (Lipinski definition) is 5. The lowest BCUT2D eigenvalue weighted by Crippen LogP contribution is -2.42. The molecule has 1 aromatic heterocycles. The van der Waals surface area contributed by atoms with Gasteiger partial charge in [0, 0.05) is 29.8 Å². The van der Waals surface area contributed by atoms with E-state index in [1.807, 2.05) is 26.0 Å². The Kier molecular flexibility index (Phi) is 7.65. The van der Waals surface area contributed by atoms with Gasteiger partial charge in [-0.25, -0.2) is 9.37 Å². The van der Waals surface area contributed by atoms with Gasteiger partial charge in [-0.2, -0.15) is 0 Å². The molecule has 0 radical (unpaired) electrons. The molecular formula is C28H25FN4O3. The fraction of sp³-hybridized carbons (Fsp3) is 0.143. The molecule has 1 atom stereocenters. The Hall–Kier alpha value is -4.59. The summed E-state index contributed by atoms with van der Waals surface area (Å²) in [6.45, 7) is 4.24. The summed E-state index contributed by atoms with van der Waals surface area (Å²) in [5.41, 5.74) is 2.50. The number of carbonyl (C=O) groups excluding carboxylic acids is 2. The number of hydrogen-bond donors (Lipinski definition) is 1. The van der Waals surface area contributed by atoms with Gasteiger partial charge < -0.3 is 10.1 Å². The molecule has 1 N–H and O–H groups in total. The van der Waals surface area contributed by atoms with E-state index in [1.165, 1.54) is 47.8 Å². The van der Waals surface area contributed by atoms with Crippen LogP contribution in [0.4, 0.5) is 15.8 Å². The lowest BCUT2D eigenvalue weighted by molar-refractivity contribution is -0.117. The van der Waals surface area contributed by atoms with Gasteiger partial charge in [0.1, 0.15) is 23.3 Å². The summed E-state index contributed by atoms with van der Waals surface area (Å²) in [6.07, 6.45) is 4.24. The number of rotatable bonds is 8. The summed E-state index contributed by atoms with van der Waals surface area (Å²) in [5.74, 6) is -0.870. The largest absolute Gasteiger partial charge is 0.494 e. The van der Waals surface area contributed by atoms with Crippen molar-refractivity contribution in [3.63, 3.8) is 0 Å². The molecule has 0 unspecified atom stereocenters. The molecular weight excluding hydrogens is 459 g/mol. The number of ether oxygens (including phenoxy) is 1. The van der Waals surface area contributed by atoms with Crippen molar-refractivity contribution in [3.05, 3.63) is 114 Å². The van der Waals surface area contributed by atoms with Crippen LogP contribution >= 0.6 is 0 Å². The molecule has 0 aliphatic carbocycles. The highest BCUT2D eigenvalue weighted by Crippen LogP contribution is 2.32. The summed E-state index contributed by atoms with van der Waals surface area (Å²) in [4.78, 5) is 37.2. The van der Waals surface area contributed by atoms with Crippen molar-refractivity contribution in [2.24, 2.45) is 0 Å². The van der Waals surface area contributed by atoms with E-state index in [-0.39, 0.29) is 5.69 Å². The van der Waals surface area contributed by atoms with E-state index in [0.29, 0.717) is 29.3 Å². The number of anilines is 2. The second-order valence-corrected chi connectivity index (χ2v) is 8.01. The van der Waals surface area contributed by atoms with Crippen molar-refractivity contribution in [1.29, 1.82) is 0 Å². The normalized spacial score (nSPS) is 11.4. The van der Waals surface area contributed by atoms with Gasteiger partial charge in [0.05, 0.1) is 12.8 Å². The Morgan fingerprint density at radius 1 is 1.03 bits per heavy atom. The fourth-order valence-corrected chi connectivity index (χ4v) is 3.72. The molecule has 8 heteroatoms. The Labute approximate surface area is 208 Å². The first kappa shape index (κ1) is 24.5. The zero-order valence-electron chi connectivity index (χ0n) is 19.9. The second-order valence-electron chi connectivity index (χ2n) is 8.01. The fourth-order valence-electron chi connectivity index (χ4n) is 3.72. The first-order valence-electron chi connectivity index (χ1n) is 11.4. The van der Waals surface area contributed by atoms with Crippen molar-refractivity contribution in [2.75, 3.05) is 16.8 Å². The number of carbonyl (C=O) groups is 2. The van der Waals surface area contributed by atoms with Crippen LogP contribution < -0.4 is 15.0 Å². The standard InChI is InChI=1S/C28H25FN4O3/c1-3-36-24-6-4-5-23(17-24)33(28(35)25-18-30-15-16-31-25)26(20-9-7-19(2)8-10-20)27(34)32-22-13-11-21(29)12-14-22/h4-18,26H,3H2,1-2H3,(H,32,34)/t26-/m1/s1. The number of benzene rings is 3. The average molecular weight is 485 g/mol. The predicted octanol–water partition coefficient (Wildman–Crippen LogP) is 5.35. The molecule has 0 aliphatic rings. The SMILES string of the molecule is CCOc1cccc(N(C(=O)c2cnccn2)[C@@H](C(=O)Nc2ccc(F)cc2)c2ccc(C)cc2)c1. The maximum Gasteiger partial charge on any atom is 0.279 e. The highest BCUT2D eigenvalue weighted by atomic mass is 19.1. The second kappa shape index (κ2) is 11.2. The Morgan fingerprint density at radius 2 is 1.78 bits per heavy atom. The molecule has 0 spiro atoms. The number of aryl methyl sites for hydroxylation is 1. The minimum Gasteiger partial charge on any atom is -0.494 e. The monoisotopic (exact) mass is 484 g/mol. The van der Waals surface area contributed by atoms with Crippen LogP contribution in [-0.2, 0) is 4.79 Å². The summed E-state index contributed by atoms with van der Waals surface area (Å²) < 4.78 is 19.1. The van der Waals surface area contributed by atoms with E-state index in [4.69, 9.17) is 4.74 Å². The van der Waals surface area contributed by atoms with E-state index < -0.39 is 23.7 Å². The number of halogens is 1. The van der Waals surface area contributed by atoms with Gasteiger partial charge in [0.25, 0.3) is 11.8 Å². The number of nitrogens with one attached hydrogen (secondary N) is 1. The predicted molar refractivity (Wildman–Crippen MR) is 135 cm³/mol. The maximum atomic E-state index is 13.9.